The number of ether oxygens (including phenoxy) is 1. The van der Waals surface area contributed by atoms with Gasteiger partial charge in [0.25, 0.3) is 0 Å². The Balaban J connectivity index is 0.00000338. The molecule has 1 saturated heterocycles. The van der Waals surface area contributed by atoms with E-state index < -0.39 is 0 Å². The van der Waals surface area contributed by atoms with Gasteiger partial charge in [-0.25, -0.2) is 0 Å². The van der Waals surface area contributed by atoms with Crippen LogP contribution < -0.4 is 10.6 Å². The van der Waals surface area contributed by atoms with Gasteiger partial charge in [0.05, 0.1) is 12.2 Å². The third-order valence-electron chi connectivity index (χ3n) is 4.65. The average molecular weight is 495 g/mol. The summed E-state index contributed by atoms with van der Waals surface area (Å²) in [5.74, 6) is 0.913. The van der Waals surface area contributed by atoms with Crippen molar-refractivity contribution >= 4 is 41.7 Å². The zero-order valence-corrected chi connectivity index (χ0v) is 19.7. The maximum atomic E-state index is 5.51. The van der Waals surface area contributed by atoms with Crippen LogP contribution in [0, 0.1) is 13.8 Å². The summed E-state index contributed by atoms with van der Waals surface area (Å²) in [5.41, 5.74) is 2.30. The summed E-state index contributed by atoms with van der Waals surface area (Å²) in [5, 5.41) is 11.3. The highest BCUT2D eigenvalue weighted by atomic mass is 127. The topological polar surface area (TPSA) is 63.5 Å². The van der Waals surface area contributed by atoms with Gasteiger partial charge in [-0.2, -0.15) is 16.9 Å². The molecule has 0 aromatic carbocycles. The summed E-state index contributed by atoms with van der Waals surface area (Å²) in [6, 6.07) is 2.12. The molecule has 0 aliphatic carbocycles. The van der Waals surface area contributed by atoms with Crippen LogP contribution in [0.5, 0.6) is 0 Å². The third-order valence-corrected chi connectivity index (χ3v) is 6.05. The van der Waals surface area contributed by atoms with Gasteiger partial charge in [-0.1, -0.05) is 0 Å². The van der Waals surface area contributed by atoms with Crippen molar-refractivity contribution in [2.45, 2.75) is 51.3 Å². The quantitative estimate of drug-likeness (QED) is 0.251. The summed E-state index contributed by atoms with van der Waals surface area (Å²) in [6.45, 7) is 11.5. The molecule has 2 rings (SSSR count). The van der Waals surface area contributed by atoms with Crippen molar-refractivity contribution in [3.63, 3.8) is 0 Å². The van der Waals surface area contributed by atoms with E-state index in [0.29, 0.717) is 0 Å². The zero-order chi connectivity index (χ0) is 18.1. The first-order chi connectivity index (χ1) is 12.1. The lowest BCUT2D eigenvalue weighted by Gasteiger charge is -2.34. The minimum absolute atomic E-state index is 0. The highest BCUT2D eigenvalue weighted by Gasteiger charge is 2.31. The van der Waals surface area contributed by atoms with Crippen LogP contribution in [0.15, 0.2) is 11.1 Å². The Morgan fingerprint density at radius 2 is 2.08 bits per heavy atom. The monoisotopic (exact) mass is 495 g/mol. The summed E-state index contributed by atoms with van der Waals surface area (Å²) < 4.78 is 7.81. The number of aliphatic imine (C=N–C) groups is 1. The molecule has 2 heterocycles. The molecular weight excluding hydrogens is 461 g/mol. The molecule has 1 aliphatic heterocycles. The van der Waals surface area contributed by atoms with Crippen LogP contribution >= 0.6 is 35.7 Å². The van der Waals surface area contributed by atoms with Crippen molar-refractivity contribution in [2.75, 3.05) is 39.1 Å². The van der Waals surface area contributed by atoms with E-state index >= 15 is 0 Å². The predicted molar refractivity (Wildman–Crippen MR) is 122 cm³/mol. The Morgan fingerprint density at radius 3 is 2.65 bits per heavy atom. The molecular formula is C18H34IN5OS. The van der Waals surface area contributed by atoms with Gasteiger partial charge in [0.1, 0.15) is 0 Å². The van der Waals surface area contributed by atoms with Gasteiger partial charge < -0.3 is 15.4 Å². The van der Waals surface area contributed by atoms with Crippen molar-refractivity contribution in [1.29, 1.82) is 0 Å². The second-order valence-electron chi connectivity index (χ2n) is 6.63. The Morgan fingerprint density at radius 1 is 1.35 bits per heavy atom. The van der Waals surface area contributed by atoms with Crippen molar-refractivity contribution in [3.05, 3.63) is 17.5 Å². The fourth-order valence-electron chi connectivity index (χ4n) is 3.07. The van der Waals surface area contributed by atoms with Gasteiger partial charge in [-0.3, -0.25) is 9.67 Å². The van der Waals surface area contributed by atoms with E-state index in [-0.39, 0.29) is 28.7 Å². The molecule has 0 saturated carbocycles. The smallest absolute Gasteiger partial charge is 0.191 e. The van der Waals surface area contributed by atoms with Gasteiger partial charge >= 0.3 is 0 Å². The lowest BCUT2D eigenvalue weighted by atomic mass is 9.99. The molecule has 0 unspecified atom stereocenters. The average Bonchev–Trinajstić information content (AvgIpc) is 2.94. The Kier molecular flexibility index (Phi) is 10.9. The molecule has 0 atom stereocenters. The number of nitrogens with one attached hydrogen (secondary N) is 2. The number of rotatable bonds is 8. The summed E-state index contributed by atoms with van der Waals surface area (Å²) in [6.07, 6.45) is 5.37. The predicted octanol–water partition coefficient (Wildman–Crippen LogP) is 2.98. The minimum atomic E-state index is 0. The highest BCUT2D eigenvalue weighted by Crippen LogP contribution is 2.33. The molecule has 6 nitrogen and oxygen atoms in total. The van der Waals surface area contributed by atoms with E-state index in [2.05, 4.69) is 46.6 Å². The normalized spacial score (nSPS) is 16.8. The van der Waals surface area contributed by atoms with Crippen LogP contribution in [-0.2, 0) is 11.3 Å². The fraction of sp³-hybridized carbons (Fsp3) is 0.778. The van der Waals surface area contributed by atoms with Gasteiger partial charge in [-0.05, 0) is 52.4 Å². The van der Waals surface area contributed by atoms with Crippen LogP contribution in [0.1, 0.15) is 37.6 Å². The molecule has 1 aromatic rings. The van der Waals surface area contributed by atoms with Crippen LogP contribution in [0.2, 0.25) is 0 Å². The second kappa shape index (κ2) is 12.1. The standard InChI is InChI=1S/C18H33N5OS.HI/c1-5-19-17(21-14-18(25-4)7-11-24-12-8-18)20-9-6-10-23-16(3)13-15(2)22-23;/h13H,5-12,14H2,1-4H3,(H2,19,20,21);1H. The molecule has 1 fully saturated rings. The number of hydrogen-bond donors (Lipinski definition) is 2. The molecule has 0 amide bonds. The number of guanidine groups is 1. The third kappa shape index (κ3) is 7.26. The highest BCUT2D eigenvalue weighted by molar-refractivity contribution is 14.0. The lowest BCUT2D eigenvalue weighted by Crippen LogP contribution is -2.41. The Hall–Kier alpha value is -0.480. The number of nitrogens with zero attached hydrogens (tertiary/aromatic N) is 3. The summed E-state index contributed by atoms with van der Waals surface area (Å²) in [4.78, 5) is 4.84. The lowest BCUT2D eigenvalue weighted by molar-refractivity contribution is 0.0794. The largest absolute Gasteiger partial charge is 0.381 e. The molecule has 0 bridgehead atoms. The Labute approximate surface area is 179 Å². The van der Waals surface area contributed by atoms with Gasteiger partial charge in [0, 0.05) is 43.3 Å². The summed E-state index contributed by atoms with van der Waals surface area (Å²) in [7, 11) is 0. The van der Waals surface area contributed by atoms with E-state index in [4.69, 9.17) is 9.73 Å². The number of aryl methyl sites for hydroxylation is 3. The van der Waals surface area contributed by atoms with E-state index in [1.807, 2.05) is 18.7 Å². The second-order valence-corrected chi connectivity index (χ2v) is 7.90. The first-order valence-electron chi connectivity index (χ1n) is 9.25. The maximum Gasteiger partial charge on any atom is 0.191 e. The maximum absolute atomic E-state index is 5.51. The van der Waals surface area contributed by atoms with Crippen LogP contribution in [-0.4, -0.2) is 59.6 Å². The van der Waals surface area contributed by atoms with Gasteiger partial charge in [0.15, 0.2) is 5.96 Å². The van der Waals surface area contributed by atoms with Crippen molar-refractivity contribution in [3.8, 4) is 0 Å². The van der Waals surface area contributed by atoms with Crippen molar-refractivity contribution in [1.82, 2.24) is 20.4 Å². The fourth-order valence-corrected chi connectivity index (χ4v) is 3.84. The first-order valence-corrected chi connectivity index (χ1v) is 10.5. The number of thioether (sulfide) groups is 1. The van der Waals surface area contributed by atoms with E-state index in [9.17, 15) is 0 Å². The molecule has 0 radical (unpaired) electrons. The number of halogens is 1. The van der Waals surface area contributed by atoms with Crippen LogP contribution in [0.25, 0.3) is 0 Å². The van der Waals surface area contributed by atoms with E-state index in [1.165, 1.54) is 5.69 Å². The molecule has 26 heavy (non-hydrogen) atoms. The molecule has 2 N–H and O–H groups in total. The van der Waals surface area contributed by atoms with E-state index in [1.54, 1.807) is 0 Å². The summed E-state index contributed by atoms with van der Waals surface area (Å²) >= 11 is 1.93. The van der Waals surface area contributed by atoms with Crippen molar-refractivity contribution in [2.24, 2.45) is 4.99 Å². The SMILES string of the molecule is CCNC(=NCC1(SC)CCOCC1)NCCCn1nc(C)cc1C.I. The van der Waals surface area contributed by atoms with Gasteiger partial charge in [0.2, 0.25) is 0 Å². The number of aromatic nitrogens is 2. The molecule has 150 valence electrons. The van der Waals surface area contributed by atoms with Crippen LogP contribution in [0.3, 0.4) is 0 Å². The molecule has 1 aromatic heterocycles. The van der Waals surface area contributed by atoms with E-state index in [0.717, 1.165) is 70.3 Å². The molecule has 0 spiro atoms. The first kappa shape index (κ1) is 23.6. The zero-order valence-electron chi connectivity index (χ0n) is 16.5. The Bertz CT molecular complexity index is 558. The molecule has 8 heteroatoms. The van der Waals surface area contributed by atoms with Gasteiger partial charge in [-0.15, -0.1) is 24.0 Å². The number of hydrogen-bond acceptors (Lipinski definition) is 4. The van der Waals surface area contributed by atoms with Crippen LogP contribution in [0.4, 0.5) is 0 Å². The molecule has 1 aliphatic rings. The minimum Gasteiger partial charge on any atom is -0.381 e. The van der Waals surface area contributed by atoms with Crippen molar-refractivity contribution < 1.29 is 4.74 Å².